The highest BCUT2D eigenvalue weighted by Crippen LogP contribution is 2.48. The van der Waals surface area contributed by atoms with Crippen LogP contribution in [0.4, 0.5) is 51.2 Å². The highest BCUT2D eigenvalue weighted by atomic mass is 15.2. The van der Waals surface area contributed by atoms with Crippen LogP contribution >= 0.6 is 0 Å². The highest BCUT2D eigenvalue weighted by Gasteiger charge is 2.53. The van der Waals surface area contributed by atoms with E-state index in [2.05, 4.69) is 280 Å². The van der Waals surface area contributed by atoms with Crippen LogP contribution in [0.2, 0.25) is 0 Å². The Kier molecular flexibility index (Phi) is 11.6. The molecule has 0 bridgehead atoms. The Labute approximate surface area is 488 Å². The Morgan fingerprint density at radius 1 is 0.280 bits per heavy atom. The van der Waals surface area contributed by atoms with Gasteiger partial charge in [-0.2, -0.15) is 0 Å². The van der Waals surface area contributed by atoms with Gasteiger partial charge >= 0.3 is 0 Å². The maximum Gasteiger partial charge on any atom is 0.252 e. The van der Waals surface area contributed by atoms with Crippen LogP contribution in [-0.4, -0.2) is 26.9 Å². The van der Waals surface area contributed by atoms with Gasteiger partial charge in [-0.3, -0.25) is 0 Å². The van der Waals surface area contributed by atoms with Crippen molar-refractivity contribution in [2.45, 2.75) is 101 Å². The zero-order valence-electron chi connectivity index (χ0n) is 49.7. The lowest BCUT2D eigenvalue weighted by Crippen LogP contribution is -2.72. The van der Waals surface area contributed by atoms with Gasteiger partial charge in [-0.25, -0.2) is 0 Å². The van der Waals surface area contributed by atoms with E-state index in [0.29, 0.717) is 17.8 Å². The number of fused-ring (bicyclic) bond motifs is 12. The molecule has 0 amide bonds. The molecule has 0 atom stereocenters. The van der Waals surface area contributed by atoms with Crippen molar-refractivity contribution in [3.63, 3.8) is 0 Å². The molecule has 0 aliphatic carbocycles. The van der Waals surface area contributed by atoms with Gasteiger partial charge in [-0.1, -0.05) is 231 Å². The monoisotopic (exact) mass is 1060 g/mol. The first-order valence-electron chi connectivity index (χ1n) is 30.2. The third-order valence-corrected chi connectivity index (χ3v) is 19.5. The zero-order valence-corrected chi connectivity index (χ0v) is 49.7. The molecule has 0 saturated carbocycles. The first-order valence-corrected chi connectivity index (χ1v) is 30.2. The quantitative estimate of drug-likeness (QED) is 0.147. The smallest absolute Gasteiger partial charge is 0.252 e. The summed E-state index contributed by atoms with van der Waals surface area (Å²) in [5, 5.41) is 0. The van der Waals surface area contributed by atoms with Crippen molar-refractivity contribution in [2.75, 3.05) is 14.7 Å². The zero-order chi connectivity index (χ0) is 56.3. The van der Waals surface area contributed by atoms with Crippen LogP contribution in [0.3, 0.4) is 0 Å². The van der Waals surface area contributed by atoms with Crippen LogP contribution in [0.15, 0.2) is 182 Å². The van der Waals surface area contributed by atoms with Crippen molar-refractivity contribution in [1.82, 2.24) is 0 Å². The summed E-state index contributed by atoms with van der Waals surface area (Å²) in [5.41, 5.74) is 40.3. The lowest BCUT2D eigenvalue weighted by Gasteiger charge is -2.51. The molecular formula is C75H69B4N3. The van der Waals surface area contributed by atoms with E-state index in [9.17, 15) is 0 Å². The van der Waals surface area contributed by atoms with Gasteiger partial charge < -0.3 is 14.7 Å². The number of anilines is 9. The van der Waals surface area contributed by atoms with E-state index in [-0.39, 0.29) is 26.9 Å². The first kappa shape index (κ1) is 50.8. The predicted octanol–water partition coefficient (Wildman–Crippen LogP) is 10.9. The van der Waals surface area contributed by atoms with Crippen molar-refractivity contribution in [3.05, 3.63) is 232 Å². The van der Waals surface area contributed by atoms with Gasteiger partial charge in [-0.15, -0.1) is 0 Å². The Morgan fingerprint density at radius 3 is 1.04 bits per heavy atom. The number of rotatable bonds is 7. The van der Waals surface area contributed by atoms with E-state index in [0.717, 1.165) is 0 Å². The standard InChI is InChI=1S/C75H69B4N3/c1-43(2)52-38-54(44(3)4)72(55(39-52)45(5)6)76-56-26-16-20-30-64(56)80(53-24-14-13-15-25-53)68-42-69-61(40-60(68)76)77-57-27-17-21-31-65(57)81-66-32-22-18-28-58(66)78(70-48(9)34-46(7)35-49(70)10)62-41-63-75(73(77)74(62)81)82(69)67-33-23-19-29-59(67)79(63)71-50(11)36-47(8)37-51(71)12/h13-45H,1-12H3. The minimum atomic E-state index is -0.0783. The third-order valence-electron chi connectivity index (χ3n) is 19.5. The summed E-state index contributed by atoms with van der Waals surface area (Å²) in [6.45, 7) is 28.2. The average molecular weight is 1060 g/mol. The van der Waals surface area contributed by atoms with Gasteiger partial charge in [0.25, 0.3) is 6.71 Å². The Bertz CT molecular complexity index is 4270. The predicted molar refractivity (Wildman–Crippen MR) is 359 cm³/mol. The Balaban J connectivity index is 1.13. The van der Waals surface area contributed by atoms with Crippen LogP contribution in [0.1, 0.15) is 109 Å². The molecule has 0 unspecified atom stereocenters. The van der Waals surface area contributed by atoms with Crippen LogP contribution in [-0.2, 0) is 0 Å². The maximum absolute atomic E-state index is 2.75. The van der Waals surface area contributed by atoms with Crippen LogP contribution < -0.4 is 80.3 Å². The van der Waals surface area contributed by atoms with E-state index in [4.69, 9.17) is 0 Å². The van der Waals surface area contributed by atoms with Gasteiger partial charge in [0.15, 0.2) is 0 Å². The fraction of sp³-hybridized carbons (Fsp3) is 0.200. The molecule has 396 valence electrons. The minimum absolute atomic E-state index is 0.00459. The molecule has 82 heavy (non-hydrogen) atoms. The summed E-state index contributed by atoms with van der Waals surface area (Å²) in [4.78, 5) is 8.04. The summed E-state index contributed by atoms with van der Waals surface area (Å²) in [5.74, 6) is 1.04. The number of hydrogen-bond acceptors (Lipinski definition) is 3. The molecule has 0 spiro atoms. The molecule has 10 aromatic carbocycles. The molecule has 7 heteroatoms. The van der Waals surface area contributed by atoms with Crippen molar-refractivity contribution in [1.29, 1.82) is 0 Å². The third kappa shape index (κ3) is 7.20. The molecule has 5 aliphatic rings. The number of para-hydroxylation sites is 5. The van der Waals surface area contributed by atoms with Gasteiger partial charge in [0.1, 0.15) is 0 Å². The lowest BCUT2D eigenvalue weighted by atomic mass is 9.25. The molecular weight excluding hydrogens is 986 g/mol. The largest absolute Gasteiger partial charge is 0.312 e. The number of nitrogens with zero attached hydrogens (tertiary/aromatic N) is 3. The van der Waals surface area contributed by atoms with Crippen LogP contribution in [0, 0.1) is 41.5 Å². The number of aryl methyl sites for hydroxylation is 6. The molecule has 0 aromatic heterocycles. The van der Waals surface area contributed by atoms with E-state index in [1.807, 2.05) is 0 Å². The molecule has 5 aliphatic heterocycles. The maximum atomic E-state index is 2.75. The average Bonchev–Trinajstić information content (AvgIpc) is 1.56. The fourth-order valence-corrected chi connectivity index (χ4v) is 16.4. The van der Waals surface area contributed by atoms with Gasteiger partial charge in [0.05, 0.1) is 0 Å². The molecule has 0 saturated heterocycles. The van der Waals surface area contributed by atoms with E-state index in [1.54, 1.807) is 0 Å². The molecule has 0 N–H and O–H groups in total. The van der Waals surface area contributed by atoms with Gasteiger partial charge in [0, 0.05) is 51.2 Å². The van der Waals surface area contributed by atoms with Gasteiger partial charge in [-0.05, 0) is 168 Å². The summed E-state index contributed by atoms with van der Waals surface area (Å²) in [6.07, 6.45) is 0. The van der Waals surface area contributed by atoms with E-state index in [1.165, 1.54) is 167 Å². The summed E-state index contributed by atoms with van der Waals surface area (Å²) < 4.78 is 0. The molecule has 10 aromatic rings. The molecule has 15 rings (SSSR count). The minimum Gasteiger partial charge on any atom is -0.312 e. The van der Waals surface area contributed by atoms with Crippen molar-refractivity contribution in [3.8, 4) is 0 Å². The van der Waals surface area contributed by atoms with Crippen molar-refractivity contribution < 1.29 is 0 Å². The van der Waals surface area contributed by atoms with Crippen LogP contribution in [0.25, 0.3) is 0 Å². The second-order valence-corrected chi connectivity index (χ2v) is 25.6. The van der Waals surface area contributed by atoms with Crippen molar-refractivity contribution in [2.24, 2.45) is 0 Å². The molecule has 5 heterocycles. The lowest BCUT2D eigenvalue weighted by molar-refractivity contribution is 0.812. The van der Waals surface area contributed by atoms with E-state index < -0.39 is 0 Å². The summed E-state index contributed by atoms with van der Waals surface area (Å²) in [7, 11) is 0. The second-order valence-electron chi connectivity index (χ2n) is 25.6. The number of hydrogen-bond donors (Lipinski definition) is 0. The number of benzene rings is 10. The molecule has 3 nitrogen and oxygen atoms in total. The van der Waals surface area contributed by atoms with Crippen LogP contribution in [0.5, 0.6) is 0 Å². The molecule has 0 fully saturated rings. The first-order chi connectivity index (χ1) is 39.7. The van der Waals surface area contributed by atoms with Crippen molar-refractivity contribution >= 4 is 144 Å². The van der Waals surface area contributed by atoms with E-state index >= 15 is 0 Å². The summed E-state index contributed by atoms with van der Waals surface area (Å²) in [6, 6.07) is 71.7. The Hall–Kier alpha value is -8.14. The SMILES string of the molecule is Cc1cc(C)c(B2c3ccccc3N3c4ccccc4B4c5cc6c(cc5N5c7ccccc7B(c7c(C)cc(C)cc7C)c7cc2c3c4c75)N(c2ccccc2)c2ccccc2B6c2c(C(C)C)cc(C(C)C)cc2C(C)C)c(C)c1. The molecule has 0 radical (unpaired) electrons. The highest BCUT2D eigenvalue weighted by molar-refractivity contribution is 7.07. The fourth-order valence-electron chi connectivity index (χ4n) is 16.4. The topological polar surface area (TPSA) is 9.72 Å². The second kappa shape index (κ2) is 18.7. The Morgan fingerprint density at radius 2 is 0.622 bits per heavy atom. The summed E-state index contributed by atoms with van der Waals surface area (Å²) >= 11 is 0. The van der Waals surface area contributed by atoms with Gasteiger partial charge in [0.2, 0.25) is 20.1 Å². The normalized spacial score (nSPS) is 14.0.